The fourth-order valence-electron chi connectivity index (χ4n) is 9.89. The van der Waals surface area contributed by atoms with Crippen LogP contribution in [-0.4, -0.2) is 97.3 Å². The van der Waals surface area contributed by atoms with Crippen LogP contribution in [0.4, 0.5) is 0 Å². The van der Waals surface area contributed by atoms with Crippen LogP contribution in [0.25, 0.3) is 0 Å². The number of hydrogen-bond donors (Lipinski definition) is 6. The van der Waals surface area contributed by atoms with Crippen LogP contribution >= 0.6 is 0 Å². The number of fused-ring (bicyclic) bond motifs is 5. The van der Waals surface area contributed by atoms with Crippen molar-refractivity contribution in [1.82, 2.24) is 0 Å². The Morgan fingerprint density at radius 2 is 1.67 bits per heavy atom. The first-order chi connectivity index (χ1) is 18.2. The quantitative estimate of drug-likeness (QED) is 0.215. The van der Waals surface area contributed by atoms with Gasteiger partial charge in [-0.25, -0.2) is 4.79 Å². The molecule has 0 spiro atoms. The summed E-state index contributed by atoms with van der Waals surface area (Å²) in [6.45, 7) is 5.92. The van der Waals surface area contributed by atoms with E-state index in [4.69, 9.17) is 14.2 Å². The highest BCUT2D eigenvalue weighted by atomic mass is 16.7. The fraction of sp³-hybridized carbons (Fsp3) is 0.897. The Hall–Kier alpha value is -1.11. The van der Waals surface area contributed by atoms with Crippen LogP contribution in [0.2, 0.25) is 0 Å². The van der Waals surface area contributed by atoms with Crippen molar-refractivity contribution >= 4 is 5.97 Å². The van der Waals surface area contributed by atoms with Crippen LogP contribution < -0.4 is 0 Å². The van der Waals surface area contributed by atoms with Crippen molar-refractivity contribution in [2.75, 3.05) is 6.61 Å². The Labute approximate surface area is 229 Å². The number of hydrogen-bond acceptors (Lipinski definition) is 10. The molecule has 10 heteroatoms. The molecule has 0 aromatic rings. The third kappa shape index (κ3) is 3.86. The maximum absolute atomic E-state index is 12.4. The van der Waals surface area contributed by atoms with Crippen LogP contribution in [0.15, 0.2) is 11.6 Å². The Balaban J connectivity index is 1.22. The summed E-state index contributed by atoms with van der Waals surface area (Å²) in [5.74, 6) is -0.893. The van der Waals surface area contributed by atoms with Crippen LogP contribution in [0.5, 0.6) is 0 Å². The van der Waals surface area contributed by atoms with Gasteiger partial charge in [-0.1, -0.05) is 13.8 Å². The zero-order valence-corrected chi connectivity index (χ0v) is 23.0. The molecule has 2 heterocycles. The van der Waals surface area contributed by atoms with E-state index in [1.807, 2.05) is 13.8 Å². The van der Waals surface area contributed by atoms with Gasteiger partial charge in [0.1, 0.15) is 24.9 Å². The van der Waals surface area contributed by atoms with Crippen molar-refractivity contribution < 1.29 is 49.6 Å². The van der Waals surface area contributed by atoms with Crippen LogP contribution in [0.3, 0.4) is 0 Å². The Kier molecular flexibility index (Phi) is 6.61. The minimum atomic E-state index is -1.41. The van der Waals surface area contributed by atoms with Gasteiger partial charge in [0.05, 0.1) is 29.5 Å². The van der Waals surface area contributed by atoms with Gasteiger partial charge in [-0.3, -0.25) is 0 Å². The molecule has 0 bridgehead atoms. The molecule has 4 saturated carbocycles. The second-order valence-electron chi connectivity index (χ2n) is 13.8. The largest absolute Gasteiger partial charge is 0.458 e. The molecule has 10 nitrogen and oxygen atoms in total. The number of carbonyl (C=O) groups excluding carboxylic acids is 1. The molecule has 6 N–H and O–H groups in total. The molecule has 1 saturated heterocycles. The molecule has 2 aliphatic heterocycles. The van der Waals surface area contributed by atoms with Crippen LogP contribution in [0.1, 0.15) is 72.1 Å². The van der Waals surface area contributed by atoms with E-state index in [-0.39, 0.29) is 36.8 Å². The molecule has 14 atom stereocenters. The van der Waals surface area contributed by atoms with E-state index >= 15 is 0 Å². The first kappa shape index (κ1) is 28.0. The second-order valence-corrected chi connectivity index (χ2v) is 13.8. The van der Waals surface area contributed by atoms with Gasteiger partial charge in [0.25, 0.3) is 0 Å². The van der Waals surface area contributed by atoms with E-state index in [9.17, 15) is 35.4 Å². The van der Waals surface area contributed by atoms with Gasteiger partial charge in [-0.15, -0.1) is 0 Å². The molecule has 39 heavy (non-hydrogen) atoms. The molecule has 6 aliphatic rings. The number of cyclic esters (lactones) is 1. The normalized spacial score (nSPS) is 57.3. The SMILES string of the molecule is CC1O[C@@H](O[C@H]2CC[C@]3(C)[C@H]4[C@H](O)C[C@]5(C)[C@@H](C6=CC(=O)OC6)CC[C@]5(O)[C@@H]4CC[C@]3(O)C2)C(O)C(O)[C@H]1O. The zero-order valence-electron chi connectivity index (χ0n) is 23.0. The first-order valence-corrected chi connectivity index (χ1v) is 14.6. The van der Waals surface area contributed by atoms with Crippen molar-refractivity contribution in [2.45, 2.75) is 126 Å². The predicted molar refractivity (Wildman–Crippen MR) is 136 cm³/mol. The van der Waals surface area contributed by atoms with Gasteiger partial charge >= 0.3 is 5.97 Å². The van der Waals surface area contributed by atoms with Gasteiger partial charge in [-0.2, -0.15) is 0 Å². The molecule has 220 valence electrons. The maximum atomic E-state index is 12.4. The molecule has 0 aromatic heterocycles. The van der Waals surface area contributed by atoms with Gasteiger partial charge in [0, 0.05) is 23.3 Å². The van der Waals surface area contributed by atoms with Crippen LogP contribution in [-0.2, 0) is 19.0 Å². The van der Waals surface area contributed by atoms with E-state index in [0.29, 0.717) is 38.5 Å². The van der Waals surface area contributed by atoms with Crippen molar-refractivity contribution in [3.8, 4) is 0 Å². The van der Waals surface area contributed by atoms with E-state index in [1.165, 1.54) is 0 Å². The standard InChI is InChI=1S/C29H44O10/c1-14-22(32)23(33)24(34)25(38-14)39-16-4-7-26(2)21-18(5-8-28(26,35)11-16)29(36)9-6-17(15-10-20(31)37-13-15)27(29,3)12-19(21)30/h10,14,16-19,21-25,30,32-36H,4-9,11-13H2,1-3H3/t14?,16-,17+,18+,19+,21+,22-,23?,24?,25-,26+,27+,28-,29-/m0/s1. The fourth-order valence-corrected chi connectivity index (χ4v) is 9.89. The minimum absolute atomic E-state index is 0.0412. The highest BCUT2D eigenvalue weighted by Gasteiger charge is 2.72. The Morgan fingerprint density at radius 1 is 0.923 bits per heavy atom. The van der Waals surface area contributed by atoms with Gasteiger partial charge in [0.15, 0.2) is 6.29 Å². The third-order valence-electron chi connectivity index (χ3n) is 12.2. The molecule has 5 fully saturated rings. The summed E-state index contributed by atoms with van der Waals surface area (Å²) in [5.41, 5.74) is -2.54. The molecule has 4 aliphatic carbocycles. The lowest BCUT2D eigenvalue weighted by atomic mass is 9.41. The van der Waals surface area contributed by atoms with E-state index in [0.717, 1.165) is 12.0 Å². The highest BCUT2D eigenvalue weighted by Crippen LogP contribution is 2.70. The average molecular weight is 553 g/mol. The van der Waals surface area contributed by atoms with Crippen molar-refractivity contribution in [2.24, 2.45) is 28.6 Å². The lowest BCUT2D eigenvalue weighted by Crippen LogP contribution is -2.71. The summed E-state index contributed by atoms with van der Waals surface area (Å²) in [6, 6.07) is 0. The molecule has 0 amide bonds. The Morgan fingerprint density at radius 3 is 2.36 bits per heavy atom. The predicted octanol–water partition coefficient (Wildman–Crippen LogP) is 0.542. The summed E-state index contributed by atoms with van der Waals surface area (Å²) in [5, 5.41) is 66.9. The second kappa shape index (κ2) is 9.19. The summed E-state index contributed by atoms with van der Waals surface area (Å²) in [7, 11) is 0. The Bertz CT molecular complexity index is 1030. The number of rotatable bonds is 3. The van der Waals surface area contributed by atoms with E-state index in [1.54, 1.807) is 13.0 Å². The average Bonchev–Trinajstić information content (AvgIpc) is 3.41. The number of esters is 1. The molecule has 0 aromatic carbocycles. The lowest BCUT2D eigenvalue weighted by molar-refractivity contribution is -0.323. The lowest BCUT2D eigenvalue weighted by Gasteiger charge is -2.67. The number of ether oxygens (including phenoxy) is 3. The first-order valence-electron chi connectivity index (χ1n) is 14.6. The van der Waals surface area contributed by atoms with Gasteiger partial charge in [-0.05, 0) is 75.2 Å². The van der Waals surface area contributed by atoms with Crippen molar-refractivity contribution in [3.63, 3.8) is 0 Å². The molecular weight excluding hydrogens is 508 g/mol. The maximum Gasteiger partial charge on any atom is 0.331 e. The number of aliphatic hydroxyl groups is 6. The molecule has 3 unspecified atom stereocenters. The summed E-state index contributed by atoms with van der Waals surface area (Å²) >= 11 is 0. The van der Waals surface area contributed by atoms with E-state index in [2.05, 4.69) is 0 Å². The van der Waals surface area contributed by atoms with Gasteiger partial charge in [0.2, 0.25) is 0 Å². The third-order valence-corrected chi connectivity index (χ3v) is 12.2. The minimum Gasteiger partial charge on any atom is -0.458 e. The van der Waals surface area contributed by atoms with Crippen LogP contribution in [0, 0.1) is 28.6 Å². The monoisotopic (exact) mass is 552 g/mol. The number of aliphatic hydroxyl groups excluding tert-OH is 4. The number of carbonyl (C=O) groups is 1. The smallest absolute Gasteiger partial charge is 0.331 e. The van der Waals surface area contributed by atoms with E-state index < -0.39 is 64.9 Å². The molecule has 6 rings (SSSR count). The zero-order chi connectivity index (χ0) is 28.1. The topological polar surface area (TPSA) is 166 Å². The van der Waals surface area contributed by atoms with Crippen molar-refractivity contribution in [3.05, 3.63) is 11.6 Å². The summed E-state index contributed by atoms with van der Waals surface area (Å²) in [6.07, 6.45) is -1.39. The van der Waals surface area contributed by atoms with Gasteiger partial charge < -0.3 is 44.8 Å². The summed E-state index contributed by atoms with van der Waals surface area (Å²) < 4.78 is 16.9. The summed E-state index contributed by atoms with van der Waals surface area (Å²) in [4.78, 5) is 11.8. The molecule has 0 radical (unpaired) electrons. The molecular formula is C29H44O10. The highest BCUT2D eigenvalue weighted by molar-refractivity contribution is 5.85. The van der Waals surface area contributed by atoms with Crippen molar-refractivity contribution in [1.29, 1.82) is 0 Å².